The molecule has 1 heterocycles. The lowest BCUT2D eigenvalue weighted by atomic mass is 10.2. The summed E-state index contributed by atoms with van der Waals surface area (Å²) in [6, 6.07) is 10.2. The first kappa shape index (κ1) is 16.3. The normalized spacial score (nSPS) is 9.15. The van der Waals surface area contributed by atoms with E-state index in [1.165, 1.54) is 23.6 Å². The SMILES string of the molecule is CNc1ccccc1C.N#Cc1c(Cl)cncc1CCl. The highest BCUT2D eigenvalue weighted by molar-refractivity contribution is 6.31. The zero-order chi connectivity index (χ0) is 15.0. The van der Waals surface area contributed by atoms with Gasteiger partial charge in [0.2, 0.25) is 0 Å². The van der Waals surface area contributed by atoms with Gasteiger partial charge in [-0.1, -0.05) is 29.8 Å². The number of hydrogen-bond acceptors (Lipinski definition) is 3. The van der Waals surface area contributed by atoms with Crippen LogP contribution in [-0.4, -0.2) is 12.0 Å². The molecule has 3 nitrogen and oxygen atoms in total. The molecule has 1 aromatic carbocycles. The van der Waals surface area contributed by atoms with Crippen molar-refractivity contribution >= 4 is 28.9 Å². The van der Waals surface area contributed by atoms with E-state index >= 15 is 0 Å². The van der Waals surface area contributed by atoms with Crippen LogP contribution in [0.1, 0.15) is 16.7 Å². The first-order valence-corrected chi connectivity index (χ1v) is 6.87. The van der Waals surface area contributed by atoms with E-state index in [0.29, 0.717) is 16.1 Å². The zero-order valence-corrected chi connectivity index (χ0v) is 12.8. The summed E-state index contributed by atoms with van der Waals surface area (Å²) in [4.78, 5) is 3.80. The van der Waals surface area contributed by atoms with Crippen molar-refractivity contribution in [1.29, 1.82) is 5.26 Å². The average Bonchev–Trinajstić information content (AvgIpc) is 2.48. The fraction of sp³-hybridized carbons (Fsp3) is 0.200. The lowest BCUT2D eigenvalue weighted by Gasteiger charge is -2.01. The van der Waals surface area contributed by atoms with Crippen molar-refractivity contribution in [2.45, 2.75) is 12.8 Å². The van der Waals surface area contributed by atoms with Crippen LogP contribution in [0.2, 0.25) is 5.02 Å². The molecule has 0 aliphatic rings. The summed E-state index contributed by atoms with van der Waals surface area (Å²) in [7, 11) is 1.93. The number of halogens is 2. The van der Waals surface area contributed by atoms with Crippen molar-refractivity contribution in [3.63, 3.8) is 0 Å². The third kappa shape index (κ3) is 4.41. The Morgan fingerprint density at radius 2 is 2.00 bits per heavy atom. The van der Waals surface area contributed by atoms with Crippen LogP contribution in [0.4, 0.5) is 5.69 Å². The van der Waals surface area contributed by atoms with E-state index in [4.69, 9.17) is 28.5 Å². The van der Waals surface area contributed by atoms with Crippen LogP contribution in [0.3, 0.4) is 0 Å². The molecule has 104 valence electrons. The second-order valence-electron chi connectivity index (χ2n) is 3.97. The Balaban J connectivity index is 0.000000204. The second-order valence-corrected chi connectivity index (χ2v) is 4.64. The average molecular weight is 308 g/mol. The molecule has 0 saturated heterocycles. The van der Waals surface area contributed by atoms with Gasteiger partial charge < -0.3 is 5.32 Å². The lowest BCUT2D eigenvalue weighted by molar-refractivity contribution is 1.22. The third-order valence-electron chi connectivity index (χ3n) is 2.65. The number of nitrogens with one attached hydrogen (secondary N) is 1. The molecule has 0 fully saturated rings. The summed E-state index contributed by atoms with van der Waals surface area (Å²) in [5.41, 5.74) is 3.58. The van der Waals surface area contributed by atoms with Gasteiger partial charge in [0.1, 0.15) is 6.07 Å². The second kappa shape index (κ2) is 8.42. The molecule has 0 atom stereocenters. The molecule has 5 heteroatoms. The summed E-state index contributed by atoms with van der Waals surface area (Å²) in [6.07, 6.45) is 2.97. The number of nitriles is 1. The number of aromatic nitrogens is 1. The Hall–Kier alpha value is -1.76. The third-order valence-corrected chi connectivity index (χ3v) is 3.22. The van der Waals surface area contributed by atoms with E-state index in [0.717, 1.165) is 0 Å². The summed E-state index contributed by atoms with van der Waals surface area (Å²) >= 11 is 11.2. The fourth-order valence-electron chi connectivity index (χ4n) is 1.56. The predicted molar refractivity (Wildman–Crippen MR) is 84.2 cm³/mol. The summed E-state index contributed by atoms with van der Waals surface area (Å²) in [5, 5.41) is 12.1. The van der Waals surface area contributed by atoms with E-state index in [1.807, 2.05) is 25.2 Å². The Bertz CT molecular complexity index is 606. The zero-order valence-electron chi connectivity index (χ0n) is 11.3. The number of para-hydroxylation sites is 1. The maximum atomic E-state index is 8.61. The number of alkyl halides is 1. The molecule has 0 bridgehead atoms. The predicted octanol–water partition coefficient (Wildman–Crippen LogP) is 4.38. The Kier molecular flexibility index (Phi) is 6.86. The van der Waals surface area contributed by atoms with Gasteiger partial charge in [-0.05, 0) is 18.6 Å². The first-order valence-electron chi connectivity index (χ1n) is 5.95. The van der Waals surface area contributed by atoms with Crippen LogP contribution in [0.15, 0.2) is 36.7 Å². The molecule has 2 rings (SSSR count). The number of nitrogens with zero attached hydrogens (tertiary/aromatic N) is 2. The minimum absolute atomic E-state index is 0.260. The van der Waals surface area contributed by atoms with Crippen molar-refractivity contribution in [2.75, 3.05) is 12.4 Å². The molecule has 1 N–H and O–H groups in total. The number of hydrogen-bond donors (Lipinski definition) is 1. The summed E-state index contributed by atoms with van der Waals surface area (Å²) < 4.78 is 0. The highest BCUT2D eigenvalue weighted by atomic mass is 35.5. The first-order chi connectivity index (χ1) is 9.63. The molecule has 0 aliphatic heterocycles. The molecule has 0 aliphatic carbocycles. The van der Waals surface area contributed by atoms with Crippen molar-refractivity contribution in [1.82, 2.24) is 4.98 Å². The maximum absolute atomic E-state index is 8.61. The Morgan fingerprint density at radius 1 is 1.30 bits per heavy atom. The topological polar surface area (TPSA) is 48.7 Å². The van der Waals surface area contributed by atoms with Gasteiger partial charge in [0.25, 0.3) is 0 Å². The van der Waals surface area contributed by atoms with Gasteiger partial charge in [-0.3, -0.25) is 4.98 Å². The highest BCUT2D eigenvalue weighted by Gasteiger charge is 2.04. The lowest BCUT2D eigenvalue weighted by Crippen LogP contribution is -1.89. The number of rotatable bonds is 2. The molecular weight excluding hydrogens is 293 g/mol. The van der Waals surface area contributed by atoms with Crippen LogP contribution in [0, 0.1) is 18.3 Å². The molecule has 0 saturated carbocycles. The van der Waals surface area contributed by atoms with Gasteiger partial charge in [0.05, 0.1) is 16.5 Å². The number of pyridine rings is 1. The largest absolute Gasteiger partial charge is 0.388 e. The van der Waals surface area contributed by atoms with E-state index in [-0.39, 0.29) is 5.88 Å². The summed E-state index contributed by atoms with van der Waals surface area (Å²) in [6.45, 7) is 2.09. The minimum atomic E-state index is 0.260. The molecule has 20 heavy (non-hydrogen) atoms. The highest BCUT2D eigenvalue weighted by Crippen LogP contribution is 2.18. The van der Waals surface area contributed by atoms with Gasteiger partial charge in [-0.2, -0.15) is 5.26 Å². The molecule has 2 aromatic rings. The van der Waals surface area contributed by atoms with E-state index < -0.39 is 0 Å². The van der Waals surface area contributed by atoms with Crippen LogP contribution in [-0.2, 0) is 5.88 Å². The van der Waals surface area contributed by atoms with Crippen molar-refractivity contribution in [3.05, 3.63) is 58.4 Å². The van der Waals surface area contributed by atoms with Gasteiger partial charge in [0.15, 0.2) is 0 Å². The molecular formula is C15H15Cl2N3. The maximum Gasteiger partial charge on any atom is 0.101 e. The van der Waals surface area contributed by atoms with Crippen LogP contribution >= 0.6 is 23.2 Å². The van der Waals surface area contributed by atoms with Crippen LogP contribution < -0.4 is 5.32 Å². The van der Waals surface area contributed by atoms with Gasteiger partial charge in [0, 0.05) is 30.7 Å². The molecule has 0 spiro atoms. The van der Waals surface area contributed by atoms with Crippen LogP contribution in [0.5, 0.6) is 0 Å². The van der Waals surface area contributed by atoms with Gasteiger partial charge in [-0.15, -0.1) is 11.6 Å². The van der Waals surface area contributed by atoms with Gasteiger partial charge >= 0.3 is 0 Å². The molecule has 0 unspecified atom stereocenters. The number of benzene rings is 1. The standard InChI is InChI=1S/C8H11N.C7H4Cl2N2/c1-7-5-3-4-6-8(7)9-2;8-1-5-3-11-4-7(9)6(5)2-10/h3-6,9H,1-2H3;3-4H,1H2. The molecule has 0 amide bonds. The molecule has 1 aromatic heterocycles. The van der Waals surface area contributed by atoms with Crippen molar-refractivity contribution in [3.8, 4) is 6.07 Å². The monoisotopic (exact) mass is 307 g/mol. The number of anilines is 1. The van der Waals surface area contributed by atoms with E-state index in [2.05, 4.69) is 29.4 Å². The fourth-order valence-corrected chi connectivity index (χ4v) is 1.98. The van der Waals surface area contributed by atoms with E-state index in [9.17, 15) is 0 Å². The smallest absolute Gasteiger partial charge is 0.101 e. The Morgan fingerprint density at radius 3 is 2.45 bits per heavy atom. The minimum Gasteiger partial charge on any atom is -0.388 e. The van der Waals surface area contributed by atoms with Crippen molar-refractivity contribution in [2.24, 2.45) is 0 Å². The molecule has 0 radical (unpaired) electrons. The number of aryl methyl sites for hydroxylation is 1. The van der Waals surface area contributed by atoms with Crippen molar-refractivity contribution < 1.29 is 0 Å². The van der Waals surface area contributed by atoms with Gasteiger partial charge in [-0.25, -0.2) is 0 Å². The van der Waals surface area contributed by atoms with E-state index in [1.54, 1.807) is 0 Å². The Labute approximate surface area is 129 Å². The van der Waals surface area contributed by atoms with Crippen LogP contribution in [0.25, 0.3) is 0 Å². The summed E-state index contributed by atoms with van der Waals surface area (Å²) in [5.74, 6) is 0.260. The quantitative estimate of drug-likeness (QED) is 0.837.